The van der Waals surface area contributed by atoms with Crippen molar-refractivity contribution in [3.63, 3.8) is 0 Å². The summed E-state index contributed by atoms with van der Waals surface area (Å²) in [6, 6.07) is 11.2. The summed E-state index contributed by atoms with van der Waals surface area (Å²) >= 11 is 0. The molecule has 0 saturated carbocycles. The first kappa shape index (κ1) is 21.1. The quantitative estimate of drug-likeness (QED) is 0.749. The Hall–Kier alpha value is -2.58. The molecule has 0 radical (unpaired) electrons. The largest absolute Gasteiger partial charge is 0.490 e. The third-order valence-corrected chi connectivity index (χ3v) is 6.02. The third-order valence-electron chi connectivity index (χ3n) is 4.56. The molecule has 2 aromatic carbocycles. The maximum Gasteiger partial charge on any atom is 0.241 e. The van der Waals surface area contributed by atoms with Gasteiger partial charge in [-0.1, -0.05) is 19.9 Å². The van der Waals surface area contributed by atoms with Gasteiger partial charge in [0, 0.05) is 25.1 Å². The summed E-state index contributed by atoms with van der Waals surface area (Å²) in [7, 11) is -3.76. The molecular weight excluding hydrogens is 392 g/mol. The zero-order valence-electron chi connectivity index (χ0n) is 16.8. The van der Waals surface area contributed by atoms with Crippen LogP contribution in [-0.2, 0) is 14.8 Å². The number of hydrogen-bond donors (Lipinski definition) is 2. The van der Waals surface area contributed by atoms with Crippen molar-refractivity contribution in [2.75, 3.05) is 18.5 Å². The molecule has 1 atom stereocenters. The summed E-state index contributed by atoms with van der Waals surface area (Å²) in [5.41, 5.74) is 1.35. The molecule has 1 amide bonds. The molecule has 0 fully saturated rings. The van der Waals surface area contributed by atoms with E-state index in [1.807, 2.05) is 32.0 Å². The van der Waals surface area contributed by atoms with Gasteiger partial charge in [0.1, 0.15) is 0 Å². The van der Waals surface area contributed by atoms with Crippen molar-refractivity contribution in [2.45, 2.75) is 38.1 Å². The maximum atomic E-state index is 12.9. The fraction of sp³-hybridized carbons (Fsp3) is 0.381. The van der Waals surface area contributed by atoms with E-state index in [-0.39, 0.29) is 16.7 Å². The Bertz CT molecular complexity index is 971. The van der Waals surface area contributed by atoms with Gasteiger partial charge in [0.05, 0.1) is 18.1 Å². The van der Waals surface area contributed by atoms with Crippen molar-refractivity contribution in [3.05, 3.63) is 48.0 Å². The number of nitrogens with one attached hydrogen (secondary N) is 2. The van der Waals surface area contributed by atoms with E-state index < -0.39 is 16.1 Å². The molecule has 8 heteroatoms. The van der Waals surface area contributed by atoms with Crippen LogP contribution in [0.5, 0.6) is 11.5 Å². The fourth-order valence-electron chi connectivity index (χ4n) is 3.12. The SMILES string of the molecule is CC(=O)Nc1ccc(S(=O)(=O)N[C@@H](c2ccc3c(c2)OCCCO3)C(C)C)cc1. The zero-order chi connectivity index (χ0) is 21.0. The minimum absolute atomic E-state index is 0.00757. The molecule has 2 aromatic rings. The van der Waals surface area contributed by atoms with E-state index in [9.17, 15) is 13.2 Å². The summed E-state index contributed by atoms with van der Waals surface area (Å²) in [6.45, 7) is 6.47. The number of carbonyl (C=O) groups excluding carboxylic acids is 1. The average molecular weight is 419 g/mol. The van der Waals surface area contributed by atoms with Gasteiger partial charge in [-0.05, 0) is 47.9 Å². The second kappa shape index (κ2) is 8.84. The summed E-state index contributed by atoms with van der Waals surface area (Å²) in [5, 5.41) is 2.62. The van der Waals surface area contributed by atoms with Crippen LogP contribution in [0, 0.1) is 5.92 Å². The van der Waals surface area contributed by atoms with Crippen molar-refractivity contribution in [1.82, 2.24) is 4.72 Å². The Morgan fingerprint density at radius 3 is 2.28 bits per heavy atom. The van der Waals surface area contributed by atoms with Crippen molar-refractivity contribution in [1.29, 1.82) is 0 Å². The zero-order valence-corrected chi connectivity index (χ0v) is 17.6. The Kier molecular flexibility index (Phi) is 6.44. The minimum Gasteiger partial charge on any atom is -0.490 e. The van der Waals surface area contributed by atoms with Gasteiger partial charge in [0.15, 0.2) is 11.5 Å². The highest BCUT2D eigenvalue weighted by Gasteiger charge is 2.25. The molecule has 3 rings (SSSR count). The van der Waals surface area contributed by atoms with E-state index in [1.165, 1.54) is 19.1 Å². The van der Waals surface area contributed by atoms with Gasteiger partial charge < -0.3 is 14.8 Å². The molecule has 7 nitrogen and oxygen atoms in total. The van der Waals surface area contributed by atoms with Crippen LogP contribution < -0.4 is 19.5 Å². The first-order chi connectivity index (χ1) is 13.8. The van der Waals surface area contributed by atoms with Gasteiger partial charge in [-0.25, -0.2) is 13.1 Å². The second-order valence-electron chi connectivity index (χ2n) is 7.31. The molecule has 1 aliphatic heterocycles. The number of sulfonamides is 1. The Morgan fingerprint density at radius 2 is 1.66 bits per heavy atom. The van der Waals surface area contributed by atoms with E-state index in [0.717, 1.165) is 12.0 Å². The minimum atomic E-state index is -3.76. The van der Waals surface area contributed by atoms with Crippen LogP contribution in [0.3, 0.4) is 0 Å². The van der Waals surface area contributed by atoms with Crippen LogP contribution in [0.4, 0.5) is 5.69 Å². The Labute approximate surface area is 171 Å². The highest BCUT2D eigenvalue weighted by molar-refractivity contribution is 7.89. The molecule has 0 unspecified atom stereocenters. The highest BCUT2D eigenvalue weighted by atomic mass is 32.2. The lowest BCUT2D eigenvalue weighted by Crippen LogP contribution is -2.31. The lowest BCUT2D eigenvalue weighted by Gasteiger charge is -2.24. The molecule has 29 heavy (non-hydrogen) atoms. The van der Waals surface area contributed by atoms with Gasteiger partial charge in [-0.15, -0.1) is 0 Å². The van der Waals surface area contributed by atoms with Crippen molar-refractivity contribution < 1.29 is 22.7 Å². The number of rotatable bonds is 6. The summed E-state index contributed by atoms with van der Waals surface area (Å²) < 4.78 is 40.1. The van der Waals surface area contributed by atoms with Crippen LogP contribution in [0.15, 0.2) is 47.4 Å². The van der Waals surface area contributed by atoms with Crippen LogP contribution in [0.2, 0.25) is 0 Å². The molecule has 2 N–H and O–H groups in total. The molecule has 0 aliphatic carbocycles. The molecule has 0 bridgehead atoms. The normalized spacial score (nSPS) is 14.9. The number of carbonyl (C=O) groups is 1. The number of anilines is 1. The van der Waals surface area contributed by atoms with Crippen LogP contribution in [-0.4, -0.2) is 27.5 Å². The number of ether oxygens (including phenoxy) is 2. The predicted octanol–water partition coefficient (Wildman–Crippen LogP) is 3.48. The third kappa shape index (κ3) is 5.27. The number of fused-ring (bicyclic) bond motifs is 1. The highest BCUT2D eigenvalue weighted by Crippen LogP contribution is 2.34. The lowest BCUT2D eigenvalue weighted by atomic mass is 9.97. The Balaban J connectivity index is 1.84. The van der Waals surface area contributed by atoms with E-state index in [1.54, 1.807) is 12.1 Å². The van der Waals surface area contributed by atoms with E-state index in [4.69, 9.17) is 9.47 Å². The molecular formula is C21H26N2O5S. The first-order valence-corrected chi connectivity index (χ1v) is 11.0. The van der Waals surface area contributed by atoms with Crippen LogP contribution in [0.1, 0.15) is 38.8 Å². The lowest BCUT2D eigenvalue weighted by molar-refractivity contribution is -0.114. The van der Waals surface area contributed by atoms with Crippen molar-refractivity contribution in [2.24, 2.45) is 5.92 Å². The average Bonchev–Trinajstić information content (AvgIpc) is 2.90. The number of hydrogen-bond acceptors (Lipinski definition) is 5. The second-order valence-corrected chi connectivity index (χ2v) is 9.02. The molecule has 0 spiro atoms. The van der Waals surface area contributed by atoms with Crippen LogP contribution in [0.25, 0.3) is 0 Å². The van der Waals surface area contributed by atoms with E-state index >= 15 is 0 Å². The van der Waals surface area contributed by atoms with Gasteiger partial charge in [0.2, 0.25) is 15.9 Å². The van der Waals surface area contributed by atoms with Crippen molar-refractivity contribution >= 4 is 21.6 Å². The van der Waals surface area contributed by atoms with Gasteiger partial charge >= 0.3 is 0 Å². The van der Waals surface area contributed by atoms with E-state index in [0.29, 0.717) is 30.4 Å². The molecule has 156 valence electrons. The molecule has 1 heterocycles. The summed E-state index contributed by atoms with van der Waals surface area (Å²) in [4.78, 5) is 11.3. The number of benzene rings is 2. The fourth-order valence-corrected chi connectivity index (χ4v) is 4.49. The number of amides is 1. The smallest absolute Gasteiger partial charge is 0.241 e. The first-order valence-electron chi connectivity index (χ1n) is 9.56. The maximum absolute atomic E-state index is 12.9. The molecule has 0 aromatic heterocycles. The topological polar surface area (TPSA) is 93.7 Å². The van der Waals surface area contributed by atoms with Gasteiger partial charge in [-0.3, -0.25) is 4.79 Å². The molecule has 1 aliphatic rings. The van der Waals surface area contributed by atoms with E-state index in [2.05, 4.69) is 10.0 Å². The monoisotopic (exact) mass is 418 g/mol. The van der Waals surface area contributed by atoms with Gasteiger partial charge in [-0.2, -0.15) is 0 Å². The summed E-state index contributed by atoms with van der Waals surface area (Å²) in [6.07, 6.45) is 0.804. The standard InChI is InChI=1S/C21H26N2O5S/c1-14(2)21(16-5-10-19-20(13-16)28-12-4-11-27-19)23-29(25,26)18-8-6-17(7-9-18)22-15(3)24/h5-10,13-14,21,23H,4,11-12H2,1-3H3,(H,22,24)/t21-/m1/s1. The molecule has 0 saturated heterocycles. The van der Waals surface area contributed by atoms with Crippen LogP contribution >= 0.6 is 0 Å². The predicted molar refractivity (Wildman–Crippen MR) is 111 cm³/mol. The Morgan fingerprint density at radius 1 is 1.00 bits per heavy atom. The van der Waals surface area contributed by atoms with Crippen molar-refractivity contribution in [3.8, 4) is 11.5 Å². The summed E-state index contributed by atoms with van der Waals surface area (Å²) in [5.74, 6) is 1.09. The van der Waals surface area contributed by atoms with Gasteiger partial charge in [0.25, 0.3) is 0 Å².